The van der Waals surface area contributed by atoms with Gasteiger partial charge in [0.05, 0.1) is 12.3 Å². The first-order valence-corrected chi connectivity index (χ1v) is 8.54. The van der Waals surface area contributed by atoms with Gasteiger partial charge in [-0.2, -0.15) is 0 Å². The molecule has 0 aromatic carbocycles. The standard InChI is InChI=1S/C11H13N5OS3/c1-17-4-2-12-6-8-9(20-11-15-13-7-19-11)14-10-16(8)3-5-18-10/h3,5,7,12H,2,4,6H2,1H3. The maximum atomic E-state index is 5.04. The number of thiazole rings is 1. The second-order valence-corrected chi connectivity index (χ2v) is 6.84. The number of ether oxygens (including phenoxy) is 1. The summed E-state index contributed by atoms with van der Waals surface area (Å²) >= 11 is 4.72. The first-order valence-electron chi connectivity index (χ1n) is 5.96. The van der Waals surface area contributed by atoms with Crippen molar-refractivity contribution < 1.29 is 4.74 Å². The molecular weight excluding hydrogens is 314 g/mol. The molecule has 0 saturated carbocycles. The van der Waals surface area contributed by atoms with E-state index in [1.54, 1.807) is 35.7 Å². The SMILES string of the molecule is COCCNCc1c(Sc2nncs2)nc2sccn12. The van der Waals surface area contributed by atoms with Gasteiger partial charge in [-0.15, -0.1) is 21.5 Å². The first kappa shape index (κ1) is 14.0. The summed E-state index contributed by atoms with van der Waals surface area (Å²) in [5.74, 6) is 0. The molecule has 0 atom stereocenters. The van der Waals surface area contributed by atoms with E-state index >= 15 is 0 Å². The predicted molar refractivity (Wildman–Crippen MR) is 80.7 cm³/mol. The van der Waals surface area contributed by atoms with E-state index in [9.17, 15) is 0 Å². The molecule has 0 bridgehead atoms. The predicted octanol–water partition coefficient (Wildman–Crippen LogP) is 2.13. The summed E-state index contributed by atoms with van der Waals surface area (Å²) in [6, 6.07) is 0. The Morgan fingerprint density at radius 2 is 2.40 bits per heavy atom. The number of nitrogens with one attached hydrogen (secondary N) is 1. The van der Waals surface area contributed by atoms with Crippen LogP contribution in [0.1, 0.15) is 5.69 Å². The molecule has 0 saturated heterocycles. The Morgan fingerprint density at radius 3 is 3.20 bits per heavy atom. The van der Waals surface area contributed by atoms with E-state index in [4.69, 9.17) is 4.74 Å². The maximum absolute atomic E-state index is 5.04. The van der Waals surface area contributed by atoms with Gasteiger partial charge in [0.2, 0.25) is 0 Å². The van der Waals surface area contributed by atoms with Gasteiger partial charge < -0.3 is 10.1 Å². The first-order chi connectivity index (χ1) is 9.88. The summed E-state index contributed by atoms with van der Waals surface area (Å²) in [5, 5.41) is 14.3. The minimum atomic E-state index is 0.699. The van der Waals surface area contributed by atoms with Crippen LogP contribution in [-0.4, -0.2) is 39.8 Å². The molecule has 0 aliphatic carbocycles. The van der Waals surface area contributed by atoms with Crippen molar-refractivity contribution >= 4 is 39.4 Å². The van der Waals surface area contributed by atoms with Gasteiger partial charge in [-0.25, -0.2) is 4.98 Å². The van der Waals surface area contributed by atoms with Gasteiger partial charge in [0.25, 0.3) is 0 Å². The Kier molecular flexibility index (Phi) is 4.63. The lowest BCUT2D eigenvalue weighted by Gasteiger charge is -2.05. The average molecular weight is 327 g/mol. The molecule has 0 spiro atoms. The van der Waals surface area contributed by atoms with Gasteiger partial charge in [0, 0.05) is 31.8 Å². The summed E-state index contributed by atoms with van der Waals surface area (Å²) < 4.78 is 8.07. The number of methoxy groups -OCH3 is 1. The molecule has 0 fully saturated rings. The van der Waals surface area contributed by atoms with E-state index in [0.29, 0.717) is 6.61 Å². The topological polar surface area (TPSA) is 64.3 Å². The molecule has 9 heteroatoms. The van der Waals surface area contributed by atoms with Gasteiger partial charge in [0.1, 0.15) is 10.5 Å². The van der Waals surface area contributed by atoms with Crippen LogP contribution in [-0.2, 0) is 11.3 Å². The molecule has 3 aromatic heterocycles. The molecule has 0 aliphatic heterocycles. The van der Waals surface area contributed by atoms with Gasteiger partial charge in [-0.3, -0.25) is 4.40 Å². The lowest BCUT2D eigenvalue weighted by molar-refractivity contribution is 0.199. The van der Waals surface area contributed by atoms with Crippen LogP contribution in [0.25, 0.3) is 4.96 Å². The molecule has 0 aliphatic rings. The quantitative estimate of drug-likeness (QED) is 0.671. The molecule has 0 unspecified atom stereocenters. The fraction of sp³-hybridized carbons (Fsp3) is 0.364. The van der Waals surface area contributed by atoms with Crippen molar-refractivity contribution in [2.24, 2.45) is 0 Å². The lowest BCUT2D eigenvalue weighted by atomic mass is 10.4. The molecule has 3 rings (SSSR count). The summed E-state index contributed by atoms with van der Waals surface area (Å²) in [5.41, 5.74) is 2.88. The Balaban J connectivity index is 1.80. The second-order valence-electron chi connectivity index (χ2n) is 3.90. The van der Waals surface area contributed by atoms with Crippen LogP contribution < -0.4 is 5.32 Å². The Labute approximate surface area is 128 Å². The molecule has 6 nitrogen and oxygen atoms in total. The molecular formula is C11H13N5OS3. The van der Waals surface area contributed by atoms with Crippen molar-refractivity contribution in [2.75, 3.05) is 20.3 Å². The van der Waals surface area contributed by atoms with Crippen molar-refractivity contribution in [3.8, 4) is 0 Å². The van der Waals surface area contributed by atoms with Gasteiger partial charge in [0.15, 0.2) is 9.30 Å². The molecule has 0 amide bonds. The van der Waals surface area contributed by atoms with Crippen LogP contribution in [0.2, 0.25) is 0 Å². The zero-order valence-electron chi connectivity index (χ0n) is 10.8. The largest absolute Gasteiger partial charge is 0.383 e. The van der Waals surface area contributed by atoms with Crippen molar-refractivity contribution in [1.82, 2.24) is 24.9 Å². The molecule has 0 radical (unpaired) electrons. The van der Waals surface area contributed by atoms with Crippen LogP contribution in [0.15, 0.2) is 26.5 Å². The van der Waals surface area contributed by atoms with Crippen molar-refractivity contribution in [2.45, 2.75) is 15.9 Å². The summed E-state index contributed by atoms with van der Waals surface area (Å²) in [7, 11) is 1.70. The smallest absolute Gasteiger partial charge is 0.194 e. The number of nitrogens with zero attached hydrogens (tertiary/aromatic N) is 4. The number of fused-ring (bicyclic) bond motifs is 1. The van der Waals surface area contributed by atoms with E-state index in [0.717, 1.165) is 33.1 Å². The fourth-order valence-electron chi connectivity index (χ4n) is 1.73. The zero-order chi connectivity index (χ0) is 13.8. The fourth-order valence-corrected chi connectivity index (χ4v) is 4.03. The molecule has 20 heavy (non-hydrogen) atoms. The van der Waals surface area contributed by atoms with E-state index in [-0.39, 0.29) is 0 Å². The lowest BCUT2D eigenvalue weighted by Crippen LogP contribution is -2.19. The van der Waals surface area contributed by atoms with E-state index in [1.807, 2.05) is 11.6 Å². The second kappa shape index (κ2) is 6.64. The monoisotopic (exact) mass is 327 g/mol. The van der Waals surface area contributed by atoms with Crippen LogP contribution in [0.4, 0.5) is 0 Å². The molecule has 1 N–H and O–H groups in total. The third-order valence-electron chi connectivity index (χ3n) is 2.62. The highest BCUT2D eigenvalue weighted by Gasteiger charge is 2.15. The average Bonchev–Trinajstić information content (AvgIpc) is 3.14. The van der Waals surface area contributed by atoms with Crippen molar-refractivity contribution in [1.29, 1.82) is 0 Å². The highest BCUT2D eigenvalue weighted by Crippen LogP contribution is 2.32. The molecule has 3 heterocycles. The van der Waals surface area contributed by atoms with Crippen molar-refractivity contribution in [3.05, 3.63) is 22.8 Å². The third-order valence-corrected chi connectivity index (χ3v) is 5.18. The van der Waals surface area contributed by atoms with Crippen molar-refractivity contribution in [3.63, 3.8) is 0 Å². The van der Waals surface area contributed by atoms with E-state index in [2.05, 4.69) is 24.9 Å². The Morgan fingerprint density at radius 1 is 1.45 bits per heavy atom. The Bertz CT molecular complexity index is 663. The van der Waals surface area contributed by atoms with Gasteiger partial charge in [-0.1, -0.05) is 11.3 Å². The minimum Gasteiger partial charge on any atom is -0.383 e. The van der Waals surface area contributed by atoms with Gasteiger partial charge in [-0.05, 0) is 11.8 Å². The number of aromatic nitrogens is 4. The third kappa shape index (κ3) is 3.01. The van der Waals surface area contributed by atoms with Crippen LogP contribution >= 0.6 is 34.4 Å². The normalized spacial score (nSPS) is 11.4. The minimum absolute atomic E-state index is 0.699. The van der Waals surface area contributed by atoms with Gasteiger partial charge >= 0.3 is 0 Å². The summed E-state index contributed by atoms with van der Waals surface area (Å²) in [4.78, 5) is 5.66. The highest BCUT2D eigenvalue weighted by molar-refractivity contribution is 8.01. The van der Waals surface area contributed by atoms with E-state index < -0.39 is 0 Å². The zero-order valence-corrected chi connectivity index (χ0v) is 13.2. The maximum Gasteiger partial charge on any atom is 0.194 e. The highest BCUT2D eigenvalue weighted by atomic mass is 32.2. The van der Waals surface area contributed by atoms with E-state index in [1.165, 1.54) is 11.3 Å². The molecule has 106 valence electrons. The number of imidazole rings is 1. The number of hydrogen-bond acceptors (Lipinski definition) is 8. The Hall–Kier alpha value is -1.00. The van der Waals surface area contributed by atoms with Crippen LogP contribution in [0.5, 0.6) is 0 Å². The van der Waals surface area contributed by atoms with Crippen LogP contribution in [0, 0.1) is 0 Å². The summed E-state index contributed by atoms with van der Waals surface area (Å²) in [6.07, 6.45) is 2.05. The summed E-state index contributed by atoms with van der Waals surface area (Å²) in [6.45, 7) is 2.27. The number of hydrogen-bond donors (Lipinski definition) is 1. The molecule has 3 aromatic rings. The number of rotatable bonds is 7. The van der Waals surface area contributed by atoms with Crippen LogP contribution in [0.3, 0.4) is 0 Å².